The van der Waals surface area contributed by atoms with Gasteiger partial charge in [0.2, 0.25) is 17.8 Å². The largest absolute Gasteiger partial charge is 0.481 e. The number of anilines is 6. The molecule has 0 spiro atoms. The number of carbonyl (C=O) groups excluding carboxylic acids is 1. The maximum atomic E-state index is 12.7. The molecule has 0 radical (unpaired) electrons. The number of benzene rings is 2. The van der Waals surface area contributed by atoms with Gasteiger partial charge in [-0.15, -0.1) is 0 Å². The number of methoxy groups -OCH3 is 2. The molecule has 5 aromatic heterocycles. The van der Waals surface area contributed by atoms with Gasteiger partial charge in [-0.3, -0.25) is 14.6 Å². The summed E-state index contributed by atoms with van der Waals surface area (Å²) in [6.45, 7) is 24.0. The van der Waals surface area contributed by atoms with Crippen molar-refractivity contribution in [2.24, 2.45) is 0 Å². The summed E-state index contributed by atoms with van der Waals surface area (Å²) in [4.78, 5) is 58.6. The van der Waals surface area contributed by atoms with Gasteiger partial charge in [-0.25, -0.2) is 24.9 Å². The van der Waals surface area contributed by atoms with E-state index in [4.69, 9.17) is 91.2 Å². The van der Waals surface area contributed by atoms with Gasteiger partial charge < -0.3 is 102 Å². The van der Waals surface area contributed by atoms with E-state index in [1.54, 1.807) is 39.0 Å². The van der Waals surface area contributed by atoms with E-state index in [1.165, 1.54) is 0 Å². The van der Waals surface area contributed by atoms with Crippen molar-refractivity contribution in [1.29, 1.82) is 0 Å². The number of amides is 1. The number of fused-ring (bicyclic) bond motifs is 1. The normalized spacial score (nSPS) is 13.4. The van der Waals surface area contributed by atoms with Gasteiger partial charge in [0.1, 0.15) is 36.2 Å². The van der Waals surface area contributed by atoms with E-state index in [2.05, 4.69) is 64.1 Å². The third-order valence-corrected chi connectivity index (χ3v) is 16.3. The molecule has 4 N–H and O–H groups in total. The zero-order valence-electron chi connectivity index (χ0n) is 63.5. The van der Waals surface area contributed by atoms with E-state index in [-0.39, 0.29) is 31.2 Å². The Kier molecular flexibility index (Phi) is 42.0. The van der Waals surface area contributed by atoms with Gasteiger partial charge in [-0.1, -0.05) is 60.7 Å². The number of imidazole rings is 1. The number of hydrogen-bond acceptors (Lipinski definition) is 27. The number of nitrogens with zero attached hydrogens (tertiary/aromatic N) is 10. The van der Waals surface area contributed by atoms with E-state index in [1.807, 2.05) is 98.8 Å². The first-order chi connectivity index (χ1) is 52.3. The summed E-state index contributed by atoms with van der Waals surface area (Å²) in [6.07, 6.45) is 12.0. The molecule has 107 heavy (non-hydrogen) atoms. The van der Waals surface area contributed by atoms with Gasteiger partial charge >= 0.3 is 0 Å². The van der Waals surface area contributed by atoms with Crippen molar-refractivity contribution in [2.45, 2.75) is 111 Å². The van der Waals surface area contributed by atoms with Crippen molar-refractivity contribution >= 4 is 57.8 Å². The summed E-state index contributed by atoms with van der Waals surface area (Å²) in [5.74, 6) is 2.55. The van der Waals surface area contributed by atoms with Gasteiger partial charge in [-0.05, 0) is 82.7 Å². The van der Waals surface area contributed by atoms with Crippen molar-refractivity contribution in [3.8, 4) is 0 Å². The van der Waals surface area contributed by atoms with Crippen LogP contribution in [0.15, 0.2) is 110 Å². The van der Waals surface area contributed by atoms with Crippen molar-refractivity contribution in [2.75, 3.05) is 205 Å². The van der Waals surface area contributed by atoms with E-state index < -0.39 is 5.97 Å². The van der Waals surface area contributed by atoms with Crippen LogP contribution in [0, 0.1) is 0 Å². The summed E-state index contributed by atoms with van der Waals surface area (Å²) in [6, 6.07) is 28.2. The molecule has 7 heterocycles. The Morgan fingerprint density at radius 2 is 0.925 bits per heavy atom. The number of carboxylic acid groups (broad SMARTS) is 1. The molecule has 0 unspecified atom stereocenters. The van der Waals surface area contributed by atoms with E-state index in [0.717, 1.165) is 110 Å². The predicted octanol–water partition coefficient (Wildman–Crippen LogP) is 9.19. The van der Waals surface area contributed by atoms with E-state index in [0.29, 0.717) is 187 Å². The molecular weight excluding hydrogens is 1380 g/mol. The molecule has 9 rings (SSSR count). The van der Waals surface area contributed by atoms with Crippen LogP contribution in [0.3, 0.4) is 0 Å². The molecular formula is C77H113N13O17. The van der Waals surface area contributed by atoms with Crippen LogP contribution in [0.4, 0.5) is 34.9 Å². The Bertz CT molecular complexity index is 3510. The standard InChI is InChI=1S/C38H56N6O8.C37H53N7O7.C2H4O2/c1-30(2)41-35-26-33(25-32-9-12-39-38(42-32)44-13-10-34(46-3)11-14-44)40-27-36(35)43-37(45)29-52-24-22-50-20-18-48-16-15-47-17-19-49-21-23-51-28-31-7-5-4-6-8-31;1-29(2)44-33-25-35(41-34-9-12-38-37(42-34)43-13-10-31(45-3)11-14-43)39-26-32(33)40-36(44)28-51-24-22-49-20-18-47-16-15-46-17-19-48-21-23-50-27-30-7-5-4-6-8-30;1-2(3)4/h4-9,12,26-27,30,34H,10-11,13-25,28-29H2,1-3H3,(H,40,41)(H,43,45);4-9,12,25-26,29,31H,10-11,13-24,27-28H2,1-3H3,(H,38,39,41,42);1H3,(H,3,4). The van der Waals surface area contributed by atoms with Crippen LogP contribution in [0.5, 0.6) is 0 Å². The number of piperidine rings is 2. The van der Waals surface area contributed by atoms with Crippen LogP contribution in [-0.4, -0.2) is 254 Å². The summed E-state index contributed by atoms with van der Waals surface area (Å²) in [7, 11) is 3.53. The zero-order chi connectivity index (χ0) is 75.7. The first kappa shape index (κ1) is 86.2. The molecule has 1 amide bonds. The van der Waals surface area contributed by atoms with Crippen LogP contribution < -0.4 is 25.8 Å². The molecule has 30 nitrogen and oxygen atoms in total. The molecule has 2 aliphatic heterocycles. The Morgan fingerprint density at radius 3 is 1.38 bits per heavy atom. The quantitative estimate of drug-likeness (QED) is 0.0258. The van der Waals surface area contributed by atoms with E-state index in [9.17, 15) is 4.79 Å². The average Bonchev–Trinajstić information content (AvgIpc) is 1.65. The second-order valence-electron chi connectivity index (χ2n) is 25.5. The number of carbonyl (C=O) groups is 2. The highest BCUT2D eigenvalue weighted by atomic mass is 16.6. The highest BCUT2D eigenvalue weighted by Crippen LogP contribution is 2.28. The van der Waals surface area contributed by atoms with Crippen LogP contribution in [0.1, 0.15) is 94.7 Å². The van der Waals surface area contributed by atoms with Crippen molar-refractivity contribution in [3.05, 3.63) is 138 Å². The highest BCUT2D eigenvalue weighted by molar-refractivity contribution is 5.95. The second kappa shape index (κ2) is 52.1. The van der Waals surface area contributed by atoms with Crippen LogP contribution >= 0.6 is 0 Å². The molecule has 588 valence electrons. The molecule has 30 heteroatoms. The number of hydrogen-bond donors (Lipinski definition) is 4. The lowest BCUT2D eigenvalue weighted by Crippen LogP contribution is -2.37. The van der Waals surface area contributed by atoms with Crippen LogP contribution in [0.25, 0.3) is 11.0 Å². The topological polar surface area (TPSA) is 321 Å². The van der Waals surface area contributed by atoms with E-state index >= 15 is 0 Å². The lowest BCUT2D eigenvalue weighted by molar-refractivity contribution is -0.134. The highest BCUT2D eigenvalue weighted by Gasteiger charge is 2.23. The maximum absolute atomic E-state index is 12.7. The Hall–Kier alpha value is -8.05. The molecule has 2 saturated heterocycles. The minimum absolute atomic E-state index is 0.101. The number of ether oxygens (including phenoxy) is 14. The Labute approximate surface area is 629 Å². The van der Waals surface area contributed by atoms with Gasteiger partial charge in [0.05, 0.1) is 193 Å². The van der Waals surface area contributed by atoms with Crippen LogP contribution in [-0.2, 0) is 102 Å². The molecule has 2 aromatic carbocycles. The third kappa shape index (κ3) is 35.2. The SMILES string of the molecule is CC(=O)O.COC1CCN(c2nccc(Cc3cc(NC(C)C)c(NC(=O)COCCOCCOCCOCCOCCOCc4ccccc4)cn3)n2)CC1.COC1CCN(c2nccc(Nc3cc4c(cn3)nc(COCCOCCOCCOCCOCCOCc3ccccc3)n4C(C)C)n2)CC1. The number of rotatable bonds is 50. The molecule has 0 aliphatic carbocycles. The smallest absolute Gasteiger partial charge is 0.300 e. The van der Waals surface area contributed by atoms with Crippen LogP contribution in [0.2, 0.25) is 0 Å². The van der Waals surface area contributed by atoms with Crippen molar-refractivity contribution in [1.82, 2.24) is 39.5 Å². The number of aliphatic carboxylic acids is 1. The molecule has 2 aliphatic rings. The predicted molar refractivity (Wildman–Crippen MR) is 407 cm³/mol. The number of pyridine rings is 2. The van der Waals surface area contributed by atoms with Crippen molar-refractivity contribution in [3.63, 3.8) is 0 Å². The minimum atomic E-state index is -0.833. The number of aromatic nitrogens is 8. The summed E-state index contributed by atoms with van der Waals surface area (Å²) in [5, 5.41) is 17.1. The molecule has 0 saturated carbocycles. The molecule has 0 atom stereocenters. The second-order valence-corrected chi connectivity index (χ2v) is 25.5. The first-order valence-electron chi connectivity index (χ1n) is 36.9. The van der Waals surface area contributed by atoms with Crippen molar-refractivity contribution < 1.29 is 81.0 Å². The monoisotopic (exact) mass is 1490 g/mol. The lowest BCUT2D eigenvalue weighted by atomic mass is 10.1. The van der Waals surface area contributed by atoms with Gasteiger partial charge in [-0.2, -0.15) is 4.98 Å². The fourth-order valence-electron chi connectivity index (χ4n) is 11.1. The Morgan fingerprint density at radius 1 is 0.486 bits per heavy atom. The Balaban J connectivity index is 0.000000284. The van der Waals surface area contributed by atoms with Gasteiger partial charge in [0.15, 0.2) is 0 Å². The third-order valence-electron chi connectivity index (χ3n) is 16.3. The number of nitrogens with one attached hydrogen (secondary N) is 3. The summed E-state index contributed by atoms with van der Waals surface area (Å²) >= 11 is 0. The molecule has 2 fully saturated rings. The lowest BCUT2D eigenvalue weighted by Gasteiger charge is -2.31. The fourth-order valence-corrected chi connectivity index (χ4v) is 11.1. The summed E-state index contributed by atoms with van der Waals surface area (Å²) < 4.78 is 80.2. The number of carboxylic acids is 1. The zero-order valence-corrected chi connectivity index (χ0v) is 63.5. The van der Waals surface area contributed by atoms with Gasteiger partial charge in [0.25, 0.3) is 5.97 Å². The van der Waals surface area contributed by atoms with Gasteiger partial charge in [0, 0.05) is 90.0 Å². The average molecular weight is 1490 g/mol. The first-order valence-corrected chi connectivity index (χ1v) is 36.9. The minimum Gasteiger partial charge on any atom is -0.481 e. The molecule has 0 bridgehead atoms. The fraction of sp³-hybridized carbons (Fsp3) is 0.571. The summed E-state index contributed by atoms with van der Waals surface area (Å²) in [5.41, 5.74) is 7.17. The maximum Gasteiger partial charge on any atom is 0.300 e. The molecule has 7 aromatic rings.